The van der Waals surface area contributed by atoms with Gasteiger partial charge in [-0.15, -0.1) is 0 Å². The van der Waals surface area contributed by atoms with E-state index in [-0.39, 0.29) is 14.9 Å². The van der Waals surface area contributed by atoms with Gasteiger partial charge >= 0.3 is 0 Å². The van der Waals surface area contributed by atoms with E-state index < -0.39 is 9.84 Å². The van der Waals surface area contributed by atoms with E-state index >= 15 is 0 Å². The summed E-state index contributed by atoms with van der Waals surface area (Å²) in [5.41, 5.74) is 7.33. The zero-order valence-corrected chi connectivity index (χ0v) is 39.7. The Morgan fingerprint density at radius 1 is 0.695 bits per heavy atom. The molecule has 0 aliphatic heterocycles. The van der Waals surface area contributed by atoms with E-state index in [9.17, 15) is 13.2 Å². The molecule has 0 saturated heterocycles. The van der Waals surface area contributed by atoms with Crippen LogP contribution in [0.4, 0.5) is 0 Å². The number of thioether (sulfide) groups is 3. The maximum Gasteiger partial charge on any atom is 0.214 e. The summed E-state index contributed by atoms with van der Waals surface area (Å²) in [4.78, 5) is 13.0. The van der Waals surface area contributed by atoms with Crippen molar-refractivity contribution in [2.24, 2.45) is 11.3 Å². The first-order chi connectivity index (χ1) is 28.4. The minimum atomic E-state index is -3.72. The summed E-state index contributed by atoms with van der Waals surface area (Å²) in [5, 5.41) is 0.137. The van der Waals surface area contributed by atoms with E-state index in [1.165, 1.54) is 37.4 Å². The second-order valence-corrected chi connectivity index (χ2v) is 21.1. The van der Waals surface area contributed by atoms with Gasteiger partial charge in [-0.1, -0.05) is 115 Å². The highest BCUT2D eigenvalue weighted by atomic mass is 32.2. The quantitative estimate of drug-likeness (QED) is 0.0456. The summed E-state index contributed by atoms with van der Waals surface area (Å²) < 4.78 is 38.9. The smallest absolute Gasteiger partial charge is 0.214 e. The van der Waals surface area contributed by atoms with Gasteiger partial charge in [0.05, 0.1) is 24.0 Å². The summed E-state index contributed by atoms with van der Waals surface area (Å²) in [7, 11) is -0.318. The topological polar surface area (TPSA) is 69.7 Å². The van der Waals surface area contributed by atoms with Gasteiger partial charge in [0.15, 0.2) is 0 Å². The molecular weight excluding hydrogens is 809 g/mol. The number of sulfone groups is 1. The van der Waals surface area contributed by atoms with Crippen LogP contribution in [-0.2, 0) is 26.1 Å². The molecule has 4 aromatic rings. The maximum atomic E-state index is 13.8. The van der Waals surface area contributed by atoms with Crippen molar-refractivity contribution < 1.29 is 22.7 Å². The Bertz CT molecular complexity index is 2040. The zero-order chi connectivity index (χ0) is 42.8. The molecule has 0 aromatic heterocycles. The van der Waals surface area contributed by atoms with Crippen LogP contribution in [0.25, 0.3) is 22.3 Å². The molecule has 0 aliphatic carbocycles. The summed E-state index contributed by atoms with van der Waals surface area (Å²) in [6, 6.07) is 26.7. The van der Waals surface area contributed by atoms with Crippen LogP contribution >= 0.6 is 35.3 Å². The number of unbranched alkanes of at least 4 members (excludes halogenated alkanes) is 1. The standard InChI is InChI=1S/C50H66O5S4/c1-9-14-37(4)32-38(5)49(51)58-30-13-12-29-56-35-43-33-41(19-25-47(43)54-7)39-15-21-45(22-16-39)59(52,53)46-23-17-40(18-24-46)42-20-26-48(55-8)44(34-42)36-57-31-28-50(6,11-3)27-10-2/h15-26,33-34,37H,5,9-14,27-32,35-36H2,1-4,6-8H3. The predicted molar refractivity (Wildman–Crippen MR) is 257 cm³/mol. The van der Waals surface area contributed by atoms with Crippen LogP contribution in [0.1, 0.15) is 104 Å². The number of carbonyl (C=O) groups is 1. The average molecular weight is 875 g/mol. The van der Waals surface area contributed by atoms with Gasteiger partial charge in [-0.3, -0.25) is 4.79 Å². The van der Waals surface area contributed by atoms with E-state index in [1.807, 2.05) is 72.1 Å². The van der Waals surface area contributed by atoms with Gasteiger partial charge in [0.2, 0.25) is 15.0 Å². The van der Waals surface area contributed by atoms with Gasteiger partial charge in [-0.05, 0) is 131 Å². The molecule has 2 atom stereocenters. The third-order valence-corrected chi connectivity index (χ3v) is 16.1. The first kappa shape index (κ1) is 48.6. The summed E-state index contributed by atoms with van der Waals surface area (Å²) in [6.45, 7) is 15.4. The number of hydrogen-bond acceptors (Lipinski definition) is 8. The molecule has 2 unspecified atom stereocenters. The van der Waals surface area contributed by atoms with Gasteiger partial charge in [-0.25, -0.2) is 8.42 Å². The van der Waals surface area contributed by atoms with Crippen LogP contribution in [0.15, 0.2) is 107 Å². The fraction of sp³-hybridized carbons (Fsp3) is 0.460. The van der Waals surface area contributed by atoms with Crippen molar-refractivity contribution in [1.82, 2.24) is 0 Å². The molecular formula is C50H66O5S4. The molecule has 0 amide bonds. The lowest BCUT2D eigenvalue weighted by Crippen LogP contribution is -2.15. The lowest BCUT2D eigenvalue weighted by Gasteiger charge is -2.27. The van der Waals surface area contributed by atoms with Crippen molar-refractivity contribution in [3.05, 3.63) is 108 Å². The van der Waals surface area contributed by atoms with Gasteiger partial charge in [0, 0.05) is 28.4 Å². The minimum absolute atomic E-state index is 0.137. The molecule has 4 rings (SSSR count). The Labute approximate surface area is 369 Å². The van der Waals surface area contributed by atoms with Crippen molar-refractivity contribution in [2.75, 3.05) is 31.5 Å². The lowest BCUT2D eigenvalue weighted by atomic mass is 9.81. The Hall–Kier alpha value is -3.11. The van der Waals surface area contributed by atoms with Crippen molar-refractivity contribution in [3.8, 4) is 33.8 Å². The molecule has 9 heteroatoms. The number of carbonyl (C=O) groups excluding carboxylic acids is 1. The fourth-order valence-corrected chi connectivity index (χ4v) is 11.7. The molecule has 0 bridgehead atoms. The molecule has 59 heavy (non-hydrogen) atoms. The maximum absolute atomic E-state index is 13.8. The number of methoxy groups -OCH3 is 2. The summed E-state index contributed by atoms with van der Waals surface area (Å²) in [5.74, 6) is 6.79. The van der Waals surface area contributed by atoms with Crippen LogP contribution < -0.4 is 9.47 Å². The van der Waals surface area contributed by atoms with Crippen molar-refractivity contribution in [2.45, 2.75) is 114 Å². The molecule has 0 spiro atoms. The highest BCUT2D eigenvalue weighted by molar-refractivity contribution is 8.14. The van der Waals surface area contributed by atoms with Crippen LogP contribution in [0, 0.1) is 11.3 Å². The first-order valence-corrected chi connectivity index (χ1v) is 26.0. The highest BCUT2D eigenvalue weighted by Crippen LogP contribution is 2.36. The van der Waals surface area contributed by atoms with Crippen molar-refractivity contribution in [3.63, 3.8) is 0 Å². The molecule has 4 aromatic carbocycles. The molecule has 0 aliphatic rings. The number of rotatable bonds is 26. The lowest BCUT2D eigenvalue weighted by molar-refractivity contribution is -0.108. The van der Waals surface area contributed by atoms with Gasteiger partial charge in [0.25, 0.3) is 0 Å². The molecule has 320 valence electrons. The second kappa shape index (κ2) is 24.4. The highest BCUT2D eigenvalue weighted by Gasteiger charge is 2.21. The van der Waals surface area contributed by atoms with E-state index in [2.05, 4.69) is 53.3 Å². The molecule has 0 N–H and O–H groups in total. The second-order valence-electron chi connectivity index (χ2n) is 15.9. The van der Waals surface area contributed by atoms with Crippen molar-refractivity contribution >= 4 is 50.2 Å². The van der Waals surface area contributed by atoms with Crippen LogP contribution in [-0.4, -0.2) is 45.0 Å². The minimum Gasteiger partial charge on any atom is -0.496 e. The first-order valence-electron chi connectivity index (χ1n) is 21.2. The monoisotopic (exact) mass is 874 g/mol. The Kier molecular flexibility index (Phi) is 20.0. The third kappa shape index (κ3) is 14.5. The number of ether oxygens (including phenoxy) is 2. The Morgan fingerprint density at radius 2 is 1.19 bits per heavy atom. The van der Waals surface area contributed by atoms with Gasteiger partial charge < -0.3 is 9.47 Å². The van der Waals surface area contributed by atoms with E-state index in [4.69, 9.17) is 9.47 Å². The molecule has 5 nitrogen and oxygen atoms in total. The molecule has 0 radical (unpaired) electrons. The van der Waals surface area contributed by atoms with Crippen LogP contribution in [0.3, 0.4) is 0 Å². The largest absolute Gasteiger partial charge is 0.496 e. The average Bonchev–Trinajstić information content (AvgIpc) is 3.24. The normalized spacial score (nSPS) is 13.1. The van der Waals surface area contributed by atoms with Gasteiger partial charge in [0.1, 0.15) is 11.5 Å². The van der Waals surface area contributed by atoms with E-state index in [0.717, 1.165) is 111 Å². The van der Waals surface area contributed by atoms with Crippen LogP contribution in [0.5, 0.6) is 11.5 Å². The summed E-state index contributed by atoms with van der Waals surface area (Å²) in [6.07, 6.45) is 9.94. The molecule has 0 fully saturated rings. The molecule has 0 saturated carbocycles. The Balaban J connectivity index is 1.33. The summed E-state index contributed by atoms with van der Waals surface area (Å²) >= 11 is 5.20. The molecule has 0 heterocycles. The van der Waals surface area contributed by atoms with E-state index in [0.29, 0.717) is 11.3 Å². The van der Waals surface area contributed by atoms with Crippen LogP contribution in [0.2, 0.25) is 0 Å². The fourth-order valence-electron chi connectivity index (χ4n) is 7.37. The van der Waals surface area contributed by atoms with Crippen molar-refractivity contribution in [1.29, 1.82) is 0 Å². The number of benzene rings is 4. The Morgan fingerprint density at radius 3 is 1.66 bits per heavy atom. The van der Waals surface area contributed by atoms with Gasteiger partial charge in [-0.2, -0.15) is 23.5 Å². The zero-order valence-electron chi connectivity index (χ0n) is 36.4. The van der Waals surface area contributed by atoms with E-state index in [1.54, 1.807) is 38.5 Å². The number of hydrogen-bond donors (Lipinski definition) is 0. The predicted octanol–water partition coefficient (Wildman–Crippen LogP) is 14.4. The SMILES string of the molecule is C=C(CC(C)CCC)C(=O)SCCCCSCc1cc(-c2ccc(S(=O)(=O)c3ccc(-c4ccc(OC)c(CSCCC(C)(CC)CCC)c4)cc3)cc2)ccc1OC. The third-order valence-electron chi connectivity index (χ3n) is 11.2.